The van der Waals surface area contributed by atoms with Crippen molar-refractivity contribution in [1.29, 1.82) is 0 Å². The van der Waals surface area contributed by atoms with Crippen LogP contribution in [-0.4, -0.2) is 10.7 Å². The van der Waals surface area contributed by atoms with E-state index in [9.17, 15) is 0 Å². The van der Waals surface area contributed by atoms with E-state index in [0.717, 1.165) is 28.5 Å². The molecule has 18 heavy (non-hydrogen) atoms. The monoisotopic (exact) mass is 414 g/mol. The van der Waals surface area contributed by atoms with Crippen molar-refractivity contribution < 1.29 is 0 Å². The molecule has 0 aliphatic carbocycles. The molecule has 0 aliphatic rings. The maximum atomic E-state index is 6.27. The molecule has 102 valence electrons. The van der Waals surface area contributed by atoms with Crippen molar-refractivity contribution in [3.8, 4) is 0 Å². The zero-order chi connectivity index (χ0) is 13.8. The Morgan fingerprint density at radius 1 is 1.17 bits per heavy atom. The van der Waals surface area contributed by atoms with E-state index in [2.05, 4.69) is 45.7 Å². The van der Waals surface area contributed by atoms with Gasteiger partial charge in [-0.15, -0.1) is 0 Å². The van der Waals surface area contributed by atoms with Gasteiger partial charge in [0.05, 0.1) is 0 Å². The van der Waals surface area contributed by atoms with Gasteiger partial charge in [0.2, 0.25) is 0 Å². The van der Waals surface area contributed by atoms with Gasteiger partial charge in [-0.05, 0) is 41.9 Å². The SMILES string of the molecule is CC(C)CC(CBr)(CBr)Cc1ccc(Cl)cc1Cl. The molecule has 0 fully saturated rings. The summed E-state index contributed by atoms with van der Waals surface area (Å²) >= 11 is 19.5. The largest absolute Gasteiger partial charge is 0.0922 e. The molecule has 0 N–H and O–H groups in total. The summed E-state index contributed by atoms with van der Waals surface area (Å²) in [7, 11) is 0. The Morgan fingerprint density at radius 3 is 2.22 bits per heavy atom. The van der Waals surface area contributed by atoms with E-state index >= 15 is 0 Å². The van der Waals surface area contributed by atoms with Crippen molar-refractivity contribution in [3.05, 3.63) is 33.8 Å². The normalized spacial score (nSPS) is 12.2. The first-order valence-corrected chi connectivity index (χ1v) is 8.98. The smallest absolute Gasteiger partial charge is 0.0453 e. The molecule has 0 nitrogen and oxygen atoms in total. The van der Waals surface area contributed by atoms with Crippen molar-refractivity contribution in [2.45, 2.75) is 26.7 Å². The van der Waals surface area contributed by atoms with E-state index in [4.69, 9.17) is 23.2 Å². The lowest BCUT2D eigenvalue weighted by molar-refractivity contribution is 0.304. The Labute approximate surface area is 137 Å². The highest BCUT2D eigenvalue weighted by Crippen LogP contribution is 2.37. The first kappa shape index (κ1) is 16.8. The predicted molar refractivity (Wildman–Crippen MR) is 89.6 cm³/mol. The zero-order valence-corrected chi connectivity index (χ0v) is 15.3. The fraction of sp³-hybridized carbons (Fsp3) is 0.571. The maximum absolute atomic E-state index is 6.27. The highest BCUT2D eigenvalue weighted by Gasteiger charge is 2.29. The first-order valence-electron chi connectivity index (χ1n) is 5.98. The molecule has 0 heterocycles. The van der Waals surface area contributed by atoms with Gasteiger partial charge in [0, 0.05) is 20.7 Å². The van der Waals surface area contributed by atoms with Crippen LogP contribution in [0.4, 0.5) is 0 Å². The Kier molecular flexibility index (Phi) is 7.02. The van der Waals surface area contributed by atoms with Gasteiger partial charge in [0.15, 0.2) is 0 Å². The Balaban J connectivity index is 2.95. The summed E-state index contributed by atoms with van der Waals surface area (Å²) in [6.07, 6.45) is 2.11. The highest BCUT2D eigenvalue weighted by molar-refractivity contribution is 9.09. The van der Waals surface area contributed by atoms with Gasteiger partial charge in [-0.3, -0.25) is 0 Å². The molecular formula is C14H18Br2Cl2. The lowest BCUT2D eigenvalue weighted by Gasteiger charge is -2.32. The van der Waals surface area contributed by atoms with Gasteiger partial charge in [-0.1, -0.05) is 75.0 Å². The van der Waals surface area contributed by atoms with Crippen LogP contribution in [0, 0.1) is 11.3 Å². The zero-order valence-electron chi connectivity index (χ0n) is 10.6. The molecule has 0 aliphatic heterocycles. The molecule has 1 aromatic rings. The van der Waals surface area contributed by atoms with Gasteiger partial charge in [-0.2, -0.15) is 0 Å². The Hall–Kier alpha value is 0.760. The van der Waals surface area contributed by atoms with E-state index in [1.165, 1.54) is 5.56 Å². The summed E-state index contributed by atoms with van der Waals surface area (Å²) in [4.78, 5) is 0. The van der Waals surface area contributed by atoms with E-state index in [1.54, 1.807) is 0 Å². The molecule has 0 radical (unpaired) electrons. The van der Waals surface area contributed by atoms with E-state index < -0.39 is 0 Å². The molecule has 4 heteroatoms. The predicted octanol–water partition coefficient (Wildman–Crippen LogP) is 6.36. The molecule has 1 aromatic carbocycles. The summed E-state index contributed by atoms with van der Waals surface area (Å²) < 4.78 is 0. The molecule has 0 spiro atoms. The Morgan fingerprint density at radius 2 is 1.78 bits per heavy atom. The third-order valence-electron chi connectivity index (χ3n) is 2.99. The van der Waals surface area contributed by atoms with Crippen LogP contribution in [0.1, 0.15) is 25.8 Å². The van der Waals surface area contributed by atoms with E-state index in [-0.39, 0.29) is 5.41 Å². The van der Waals surface area contributed by atoms with Gasteiger partial charge < -0.3 is 0 Å². The van der Waals surface area contributed by atoms with Crippen molar-refractivity contribution in [3.63, 3.8) is 0 Å². The fourth-order valence-corrected chi connectivity index (χ4v) is 4.50. The summed E-state index contributed by atoms with van der Waals surface area (Å²) in [5.74, 6) is 0.658. The fourth-order valence-electron chi connectivity index (χ4n) is 2.25. The van der Waals surface area contributed by atoms with Crippen molar-refractivity contribution in [1.82, 2.24) is 0 Å². The van der Waals surface area contributed by atoms with Gasteiger partial charge >= 0.3 is 0 Å². The first-order chi connectivity index (χ1) is 8.42. The summed E-state index contributed by atoms with van der Waals surface area (Å²) in [5, 5.41) is 3.37. The maximum Gasteiger partial charge on any atom is 0.0453 e. The average Bonchev–Trinajstić information content (AvgIpc) is 2.31. The molecule has 0 unspecified atom stereocenters. The number of alkyl halides is 2. The molecule has 0 saturated carbocycles. The summed E-state index contributed by atoms with van der Waals surface area (Å²) in [5.41, 5.74) is 1.37. The van der Waals surface area contributed by atoms with Gasteiger partial charge in [-0.25, -0.2) is 0 Å². The molecule has 0 atom stereocenters. The van der Waals surface area contributed by atoms with Crippen molar-refractivity contribution in [2.75, 3.05) is 10.7 Å². The molecule has 0 amide bonds. The number of hydrogen-bond donors (Lipinski definition) is 0. The van der Waals surface area contributed by atoms with Crippen LogP contribution >= 0.6 is 55.1 Å². The number of rotatable bonds is 6. The quantitative estimate of drug-likeness (QED) is 0.473. The van der Waals surface area contributed by atoms with Crippen molar-refractivity contribution >= 4 is 55.1 Å². The van der Waals surface area contributed by atoms with Crippen LogP contribution < -0.4 is 0 Å². The molecule has 0 saturated heterocycles. The average molecular weight is 417 g/mol. The summed E-state index contributed by atoms with van der Waals surface area (Å²) in [6, 6.07) is 5.76. The second-order valence-corrected chi connectivity index (χ2v) is 7.24. The second-order valence-electron chi connectivity index (χ2n) is 5.28. The second kappa shape index (κ2) is 7.52. The highest BCUT2D eigenvalue weighted by atomic mass is 79.9. The van der Waals surface area contributed by atoms with Gasteiger partial charge in [0.1, 0.15) is 0 Å². The molecular weight excluding hydrogens is 399 g/mol. The minimum absolute atomic E-state index is 0.200. The van der Waals surface area contributed by atoms with Crippen LogP contribution in [0.3, 0.4) is 0 Å². The number of benzene rings is 1. The summed E-state index contributed by atoms with van der Waals surface area (Å²) in [6.45, 7) is 4.51. The third kappa shape index (κ3) is 4.70. The molecule has 0 bridgehead atoms. The topological polar surface area (TPSA) is 0 Å². The minimum Gasteiger partial charge on any atom is -0.0922 e. The number of hydrogen-bond acceptors (Lipinski definition) is 0. The van der Waals surface area contributed by atoms with Crippen LogP contribution in [0.5, 0.6) is 0 Å². The van der Waals surface area contributed by atoms with Crippen LogP contribution in [0.25, 0.3) is 0 Å². The molecule has 0 aromatic heterocycles. The standard InChI is InChI=1S/C14H18Br2Cl2/c1-10(2)6-14(8-15,9-16)7-11-3-4-12(17)5-13(11)18/h3-5,10H,6-9H2,1-2H3. The van der Waals surface area contributed by atoms with Crippen LogP contribution in [-0.2, 0) is 6.42 Å². The van der Waals surface area contributed by atoms with Gasteiger partial charge in [0.25, 0.3) is 0 Å². The van der Waals surface area contributed by atoms with E-state index in [1.807, 2.05) is 18.2 Å². The lowest BCUT2D eigenvalue weighted by Crippen LogP contribution is -2.29. The third-order valence-corrected chi connectivity index (χ3v) is 5.95. The molecule has 1 rings (SSSR count). The minimum atomic E-state index is 0.200. The van der Waals surface area contributed by atoms with Crippen molar-refractivity contribution in [2.24, 2.45) is 11.3 Å². The van der Waals surface area contributed by atoms with Crippen LogP contribution in [0.15, 0.2) is 18.2 Å². The number of halogens is 4. The van der Waals surface area contributed by atoms with E-state index in [0.29, 0.717) is 10.9 Å². The lowest BCUT2D eigenvalue weighted by atomic mass is 9.79. The Bertz CT molecular complexity index is 387. The van der Waals surface area contributed by atoms with Crippen LogP contribution in [0.2, 0.25) is 10.0 Å².